The number of hydrogen-bond donors (Lipinski definition) is 0. The number of rotatable bonds is 2. The molecule has 0 saturated heterocycles. The fourth-order valence-corrected chi connectivity index (χ4v) is 3.36. The Kier molecular flexibility index (Phi) is 4.89. The fraction of sp³-hybridized carbons (Fsp3) is 0.0556. The molecule has 0 aliphatic rings. The molecule has 0 fully saturated rings. The highest BCUT2D eigenvalue weighted by molar-refractivity contribution is 7.18. The van der Waals surface area contributed by atoms with E-state index in [9.17, 15) is 0 Å². The van der Waals surface area contributed by atoms with Crippen LogP contribution in [-0.2, 0) is 0 Å². The van der Waals surface area contributed by atoms with E-state index < -0.39 is 0 Å². The maximum Gasteiger partial charge on any atom is 0.238 e. The zero-order valence-corrected chi connectivity index (χ0v) is 12.8. The zero-order chi connectivity index (χ0) is 13.1. The number of hydrogen-bond acceptors (Lipinski definition) is 0. The van der Waals surface area contributed by atoms with Crippen molar-refractivity contribution in [1.82, 2.24) is 0 Å². The van der Waals surface area contributed by atoms with Crippen LogP contribution in [0.15, 0.2) is 72.8 Å². The SMILES string of the molecule is Cc1cc(-c2ccccc2)[s+]c(-c2ccccc2)c1.[Cl-]. The molecule has 0 atom stereocenters. The average molecular weight is 299 g/mol. The van der Waals surface area contributed by atoms with Crippen LogP contribution in [0.1, 0.15) is 5.56 Å². The Bertz CT molecular complexity index is 621. The molecule has 20 heavy (non-hydrogen) atoms. The first-order chi connectivity index (χ1) is 9.33. The molecular formula is C18H15ClS. The molecule has 0 unspecified atom stereocenters. The van der Waals surface area contributed by atoms with Gasteiger partial charge in [-0.15, -0.1) is 0 Å². The molecular weight excluding hydrogens is 284 g/mol. The van der Waals surface area contributed by atoms with Crippen LogP contribution in [0.4, 0.5) is 0 Å². The van der Waals surface area contributed by atoms with Crippen LogP contribution in [0, 0.1) is 6.92 Å². The second kappa shape index (κ2) is 6.65. The maximum atomic E-state index is 2.26. The standard InChI is InChI=1S/C18H15S.ClH/c1-14-12-17(15-8-4-2-5-9-15)19-18(13-14)16-10-6-3-7-11-16;/h2-13H,1H3;1H/q+1;/p-1. The van der Waals surface area contributed by atoms with E-state index in [1.54, 1.807) is 0 Å². The minimum Gasteiger partial charge on any atom is -1.00 e. The molecule has 0 spiro atoms. The summed E-state index contributed by atoms with van der Waals surface area (Å²) in [5.41, 5.74) is 3.87. The summed E-state index contributed by atoms with van der Waals surface area (Å²) in [6, 6.07) is 25.7. The molecule has 0 amide bonds. The molecule has 0 radical (unpaired) electrons. The van der Waals surface area contributed by atoms with Gasteiger partial charge in [-0.05, 0) is 36.8 Å². The van der Waals surface area contributed by atoms with Gasteiger partial charge in [-0.1, -0.05) is 36.4 Å². The summed E-state index contributed by atoms with van der Waals surface area (Å²) in [5.74, 6) is 0. The van der Waals surface area contributed by atoms with Crippen LogP contribution < -0.4 is 12.4 Å². The minimum absolute atomic E-state index is 0. The Labute approximate surface area is 130 Å². The van der Waals surface area contributed by atoms with Crippen LogP contribution in [0.5, 0.6) is 0 Å². The maximum absolute atomic E-state index is 2.26. The van der Waals surface area contributed by atoms with Gasteiger partial charge < -0.3 is 12.4 Å². The van der Waals surface area contributed by atoms with E-state index in [0.717, 1.165) is 0 Å². The lowest BCUT2D eigenvalue weighted by Crippen LogP contribution is -3.00. The molecule has 1 heterocycles. The van der Waals surface area contributed by atoms with Gasteiger partial charge >= 0.3 is 0 Å². The van der Waals surface area contributed by atoms with Crippen molar-refractivity contribution in [2.45, 2.75) is 6.92 Å². The van der Waals surface area contributed by atoms with Crippen molar-refractivity contribution in [2.24, 2.45) is 0 Å². The van der Waals surface area contributed by atoms with Crippen LogP contribution in [0.3, 0.4) is 0 Å². The molecule has 0 aliphatic heterocycles. The first-order valence-electron chi connectivity index (χ1n) is 6.38. The third-order valence-corrected chi connectivity index (χ3v) is 4.20. The smallest absolute Gasteiger partial charge is 0.238 e. The van der Waals surface area contributed by atoms with E-state index in [2.05, 4.69) is 79.7 Å². The predicted octanol–water partition coefficient (Wildman–Crippen LogP) is 2.68. The van der Waals surface area contributed by atoms with Crippen molar-refractivity contribution in [3.8, 4) is 20.9 Å². The van der Waals surface area contributed by atoms with E-state index in [4.69, 9.17) is 0 Å². The molecule has 3 aromatic rings. The number of aryl methyl sites for hydroxylation is 1. The molecule has 100 valence electrons. The largest absolute Gasteiger partial charge is 1.00 e. The van der Waals surface area contributed by atoms with Crippen molar-refractivity contribution < 1.29 is 12.4 Å². The van der Waals surface area contributed by atoms with Crippen molar-refractivity contribution in [2.75, 3.05) is 0 Å². The summed E-state index contributed by atoms with van der Waals surface area (Å²) >= 11 is 1.84. The van der Waals surface area contributed by atoms with Gasteiger partial charge in [-0.25, -0.2) is 0 Å². The van der Waals surface area contributed by atoms with Crippen molar-refractivity contribution in [3.05, 3.63) is 78.4 Å². The Morgan fingerprint density at radius 3 is 1.45 bits per heavy atom. The highest BCUT2D eigenvalue weighted by Gasteiger charge is 2.16. The van der Waals surface area contributed by atoms with Crippen molar-refractivity contribution in [3.63, 3.8) is 0 Å². The third-order valence-electron chi connectivity index (χ3n) is 3.05. The molecule has 0 saturated carbocycles. The van der Waals surface area contributed by atoms with Gasteiger partial charge in [0.15, 0.2) is 0 Å². The zero-order valence-electron chi connectivity index (χ0n) is 11.2. The van der Waals surface area contributed by atoms with E-state index in [-0.39, 0.29) is 12.4 Å². The Hall–Kier alpha value is -1.70. The average Bonchev–Trinajstić information content (AvgIpc) is 2.48. The molecule has 0 bridgehead atoms. The van der Waals surface area contributed by atoms with Gasteiger partial charge in [0.25, 0.3) is 0 Å². The van der Waals surface area contributed by atoms with E-state index >= 15 is 0 Å². The summed E-state index contributed by atoms with van der Waals surface area (Å²) in [5, 5.41) is 0. The molecule has 0 aliphatic carbocycles. The number of halogens is 1. The lowest BCUT2D eigenvalue weighted by atomic mass is 10.1. The van der Waals surface area contributed by atoms with Crippen LogP contribution in [-0.4, -0.2) is 0 Å². The highest BCUT2D eigenvalue weighted by Crippen LogP contribution is 2.33. The molecule has 0 nitrogen and oxygen atoms in total. The monoisotopic (exact) mass is 298 g/mol. The lowest BCUT2D eigenvalue weighted by molar-refractivity contribution is -0.00000366. The van der Waals surface area contributed by atoms with Gasteiger partial charge in [-0.2, -0.15) is 0 Å². The molecule has 0 N–H and O–H groups in total. The Morgan fingerprint density at radius 1 is 0.650 bits per heavy atom. The summed E-state index contributed by atoms with van der Waals surface area (Å²) < 4.78 is 0. The van der Waals surface area contributed by atoms with E-state index in [1.165, 1.54) is 26.4 Å². The summed E-state index contributed by atoms with van der Waals surface area (Å²) in [4.78, 5) is 2.64. The van der Waals surface area contributed by atoms with Gasteiger partial charge in [0.2, 0.25) is 21.1 Å². The normalized spacial score (nSPS) is 9.85. The summed E-state index contributed by atoms with van der Waals surface area (Å²) in [6.45, 7) is 2.16. The van der Waals surface area contributed by atoms with E-state index in [1.807, 2.05) is 11.3 Å². The lowest BCUT2D eigenvalue weighted by Gasteiger charge is -1.97. The topological polar surface area (TPSA) is 0 Å². The quantitative estimate of drug-likeness (QED) is 0.638. The first kappa shape index (κ1) is 14.7. The molecule has 2 aromatic carbocycles. The van der Waals surface area contributed by atoms with Gasteiger partial charge in [0.05, 0.1) is 0 Å². The second-order valence-corrected chi connectivity index (χ2v) is 5.68. The minimum atomic E-state index is 0. The molecule has 2 heteroatoms. The third kappa shape index (κ3) is 3.24. The first-order valence-corrected chi connectivity index (χ1v) is 7.20. The molecule has 1 aromatic heterocycles. The van der Waals surface area contributed by atoms with Crippen LogP contribution in [0.2, 0.25) is 0 Å². The van der Waals surface area contributed by atoms with Crippen LogP contribution in [0.25, 0.3) is 20.9 Å². The fourth-order valence-electron chi connectivity index (χ4n) is 2.12. The van der Waals surface area contributed by atoms with Crippen LogP contribution >= 0.6 is 11.3 Å². The van der Waals surface area contributed by atoms with Gasteiger partial charge in [0, 0.05) is 23.3 Å². The Balaban J connectivity index is 0.00000147. The highest BCUT2D eigenvalue weighted by atomic mass is 35.5. The second-order valence-electron chi connectivity index (χ2n) is 4.60. The van der Waals surface area contributed by atoms with Crippen molar-refractivity contribution >= 4 is 11.3 Å². The van der Waals surface area contributed by atoms with Gasteiger partial charge in [0.1, 0.15) is 0 Å². The Morgan fingerprint density at radius 2 is 1.05 bits per heavy atom. The summed E-state index contributed by atoms with van der Waals surface area (Å²) in [6.07, 6.45) is 0. The van der Waals surface area contributed by atoms with Gasteiger partial charge in [-0.3, -0.25) is 0 Å². The summed E-state index contributed by atoms with van der Waals surface area (Å²) in [7, 11) is 0. The van der Waals surface area contributed by atoms with E-state index in [0.29, 0.717) is 0 Å². The predicted molar refractivity (Wildman–Crippen MR) is 84.3 cm³/mol. The van der Waals surface area contributed by atoms with Crippen molar-refractivity contribution in [1.29, 1.82) is 0 Å². The molecule has 3 rings (SSSR count). The number of benzene rings is 2.